The van der Waals surface area contributed by atoms with Gasteiger partial charge in [-0.05, 0) is 42.8 Å². The second kappa shape index (κ2) is 6.42. The molecule has 0 unspecified atom stereocenters. The van der Waals surface area contributed by atoms with Crippen LogP contribution in [0, 0.1) is 0 Å². The number of hydrogen-bond acceptors (Lipinski definition) is 6. The quantitative estimate of drug-likeness (QED) is 0.297. The van der Waals surface area contributed by atoms with Crippen molar-refractivity contribution in [2.45, 2.75) is 6.92 Å². The summed E-state index contributed by atoms with van der Waals surface area (Å²) in [6.45, 7) is 2.27. The number of hydrazone groups is 1. The molecule has 2 aromatic rings. The van der Waals surface area contributed by atoms with Crippen molar-refractivity contribution >= 4 is 12.2 Å². The maximum Gasteiger partial charge on any atom is 0.379 e. The molecule has 2 N–H and O–H groups in total. The van der Waals surface area contributed by atoms with Crippen molar-refractivity contribution in [2.75, 3.05) is 6.61 Å². The van der Waals surface area contributed by atoms with Gasteiger partial charge in [-0.1, -0.05) is 0 Å². The van der Waals surface area contributed by atoms with Gasteiger partial charge in [-0.15, -0.1) is 0 Å². The molecular weight excluding hydrogens is 260 g/mol. The molecule has 1 heterocycles. The van der Waals surface area contributed by atoms with Crippen molar-refractivity contribution < 1.29 is 18.7 Å². The molecule has 0 fully saturated rings. The molecule has 0 saturated carbocycles. The van der Waals surface area contributed by atoms with E-state index in [-0.39, 0.29) is 5.76 Å². The summed E-state index contributed by atoms with van der Waals surface area (Å²) in [7, 11) is 0. The molecule has 6 nitrogen and oxygen atoms in total. The Labute approximate surface area is 115 Å². The van der Waals surface area contributed by atoms with Crippen molar-refractivity contribution in [1.82, 2.24) is 0 Å². The Kier molecular flexibility index (Phi) is 4.39. The first kappa shape index (κ1) is 13.7. The van der Waals surface area contributed by atoms with Gasteiger partial charge in [0.05, 0.1) is 19.1 Å². The van der Waals surface area contributed by atoms with E-state index in [0.717, 1.165) is 5.56 Å². The van der Waals surface area contributed by atoms with Crippen molar-refractivity contribution in [3.63, 3.8) is 0 Å². The molecule has 1 aromatic heterocycles. The molecule has 0 aliphatic rings. The lowest BCUT2D eigenvalue weighted by molar-refractivity contribution is 0.0695. The molecule has 6 heteroatoms. The van der Waals surface area contributed by atoms with Gasteiger partial charge in [-0.25, -0.2) is 4.79 Å². The number of ether oxygens (including phenoxy) is 2. The highest BCUT2D eigenvalue weighted by Gasteiger charge is 2.15. The molecule has 0 radical (unpaired) electrons. The summed E-state index contributed by atoms with van der Waals surface area (Å²) in [6.07, 6.45) is 2.88. The number of carbonyl (C=O) groups is 1. The Balaban J connectivity index is 2.24. The van der Waals surface area contributed by atoms with Crippen LogP contribution in [0.15, 0.2) is 46.1 Å². The fraction of sp³-hybridized carbons (Fsp3) is 0.143. The minimum atomic E-state index is -0.587. The molecule has 0 aliphatic carbocycles. The zero-order chi connectivity index (χ0) is 14.4. The molecule has 0 bridgehead atoms. The van der Waals surface area contributed by atoms with Gasteiger partial charge in [-0.3, -0.25) is 0 Å². The lowest BCUT2D eigenvalue weighted by atomic mass is 10.2. The summed E-state index contributed by atoms with van der Waals surface area (Å²) < 4.78 is 15.7. The Morgan fingerprint density at radius 2 is 2.25 bits per heavy atom. The largest absolute Gasteiger partial charge is 0.490 e. The number of nitrogens with two attached hydrogens (primary N) is 1. The van der Waals surface area contributed by atoms with Crippen LogP contribution in [0.1, 0.15) is 23.0 Å². The fourth-order valence-electron chi connectivity index (χ4n) is 1.59. The summed E-state index contributed by atoms with van der Waals surface area (Å²) in [6, 6.07) is 8.15. The van der Waals surface area contributed by atoms with E-state index in [0.29, 0.717) is 18.1 Å². The normalized spacial score (nSPS) is 10.7. The van der Waals surface area contributed by atoms with E-state index in [1.165, 1.54) is 18.5 Å². The van der Waals surface area contributed by atoms with E-state index in [2.05, 4.69) is 5.10 Å². The maximum atomic E-state index is 11.8. The van der Waals surface area contributed by atoms with Crippen LogP contribution in [0.2, 0.25) is 0 Å². The average molecular weight is 274 g/mol. The molecule has 20 heavy (non-hydrogen) atoms. The van der Waals surface area contributed by atoms with E-state index in [1.807, 2.05) is 6.92 Å². The summed E-state index contributed by atoms with van der Waals surface area (Å²) in [4.78, 5) is 11.8. The van der Waals surface area contributed by atoms with Crippen LogP contribution in [0.4, 0.5) is 0 Å². The van der Waals surface area contributed by atoms with Crippen molar-refractivity contribution in [3.05, 3.63) is 47.9 Å². The number of benzene rings is 1. The first-order valence-corrected chi connectivity index (χ1v) is 6.00. The number of carbonyl (C=O) groups excluding carboxylic acids is 1. The first-order valence-electron chi connectivity index (χ1n) is 6.00. The number of nitrogens with zero attached hydrogens (tertiary/aromatic N) is 1. The van der Waals surface area contributed by atoms with Crippen LogP contribution in [0.5, 0.6) is 11.5 Å². The van der Waals surface area contributed by atoms with Gasteiger partial charge in [0.1, 0.15) is 0 Å². The van der Waals surface area contributed by atoms with Crippen LogP contribution < -0.4 is 15.3 Å². The van der Waals surface area contributed by atoms with Crippen molar-refractivity contribution in [3.8, 4) is 11.5 Å². The Morgan fingerprint density at radius 1 is 1.40 bits per heavy atom. The summed E-state index contributed by atoms with van der Waals surface area (Å²) in [5.74, 6) is 5.38. The SMILES string of the molecule is CCOc1cc(C=NN)ccc1OC(=O)c1ccco1. The number of furan rings is 1. The third-order valence-corrected chi connectivity index (χ3v) is 2.42. The van der Waals surface area contributed by atoms with Gasteiger partial charge in [0.2, 0.25) is 5.76 Å². The van der Waals surface area contributed by atoms with Crippen LogP contribution >= 0.6 is 0 Å². The maximum absolute atomic E-state index is 11.8. The molecule has 2 rings (SSSR count). The highest BCUT2D eigenvalue weighted by atomic mass is 16.6. The lowest BCUT2D eigenvalue weighted by Gasteiger charge is -2.10. The van der Waals surface area contributed by atoms with E-state index < -0.39 is 5.97 Å². The molecule has 0 saturated heterocycles. The van der Waals surface area contributed by atoms with Crippen molar-refractivity contribution in [1.29, 1.82) is 0 Å². The first-order chi connectivity index (χ1) is 9.74. The molecule has 1 aromatic carbocycles. The van der Waals surface area contributed by atoms with Gasteiger partial charge in [0.25, 0.3) is 0 Å². The van der Waals surface area contributed by atoms with Crippen LogP contribution in [0.3, 0.4) is 0 Å². The fourth-order valence-corrected chi connectivity index (χ4v) is 1.59. The Bertz CT molecular complexity index is 606. The minimum absolute atomic E-state index is 0.125. The lowest BCUT2D eigenvalue weighted by Crippen LogP contribution is -2.08. The Hall–Kier alpha value is -2.76. The topological polar surface area (TPSA) is 87.0 Å². The molecule has 0 amide bonds. The number of esters is 1. The zero-order valence-electron chi connectivity index (χ0n) is 10.9. The molecule has 104 valence electrons. The Morgan fingerprint density at radius 3 is 2.90 bits per heavy atom. The van der Waals surface area contributed by atoms with Gasteiger partial charge in [-0.2, -0.15) is 5.10 Å². The second-order valence-electron chi connectivity index (χ2n) is 3.78. The third kappa shape index (κ3) is 3.17. The van der Waals surface area contributed by atoms with E-state index in [4.69, 9.17) is 19.7 Å². The van der Waals surface area contributed by atoms with E-state index in [9.17, 15) is 4.79 Å². The van der Waals surface area contributed by atoms with Gasteiger partial charge < -0.3 is 19.7 Å². The number of rotatable bonds is 5. The minimum Gasteiger partial charge on any atom is -0.490 e. The van der Waals surface area contributed by atoms with Gasteiger partial charge >= 0.3 is 5.97 Å². The van der Waals surface area contributed by atoms with Crippen LogP contribution in [-0.2, 0) is 0 Å². The zero-order valence-corrected chi connectivity index (χ0v) is 10.9. The third-order valence-electron chi connectivity index (χ3n) is 2.42. The second-order valence-corrected chi connectivity index (χ2v) is 3.78. The highest BCUT2D eigenvalue weighted by molar-refractivity contribution is 5.88. The molecule has 0 atom stereocenters. The monoisotopic (exact) mass is 274 g/mol. The summed E-state index contributed by atoms with van der Waals surface area (Å²) >= 11 is 0. The van der Waals surface area contributed by atoms with E-state index >= 15 is 0 Å². The summed E-state index contributed by atoms with van der Waals surface area (Å²) in [5, 5.41) is 3.44. The highest BCUT2D eigenvalue weighted by Crippen LogP contribution is 2.28. The average Bonchev–Trinajstić information content (AvgIpc) is 2.96. The number of hydrogen-bond donors (Lipinski definition) is 1. The predicted molar refractivity (Wildman–Crippen MR) is 73.1 cm³/mol. The van der Waals surface area contributed by atoms with Gasteiger partial charge in [0.15, 0.2) is 11.5 Å². The molecular formula is C14H14N2O4. The van der Waals surface area contributed by atoms with Gasteiger partial charge in [0, 0.05) is 0 Å². The smallest absolute Gasteiger partial charge is 0.379 e. The standard InChI is InChI=1S/C14H14N2O4/c1-2-18-13-8-10(9-16-15)5-6-11(13)20-14(17)12-4-3-7-19-12/h3-9H,2,15H2,1H3. The molecule has 0 spiro atoms. The predicted octanol–water partition coefficient (Wildman–Crippen LogP) is 2.19. The molecule has 0 aliphatic heterocycles. The van der Waals surface area contributed by atoms with Crippen LogP contribution in [0.25, 0.3) is 0 Å². The summed E-state index contributed by atoms with van der Waals surface area (Å²) in [5.41, 5.74) is 0.744. The van der Waals surface area contributed by atoms with Crippen LogP contribution in [-0.4, -0.2) is 18.8 Å². The van der Waals surface area contributed by atoms with E-state index in [1.54, 1.807) is 24.3 Å². The van der Waals surface area contributed by atoms with Crippen molar-refractivity contribution in [2.24, 2.45) is 10.9 Å².